The average Bonchev–Trinajstić information content (AvgIpc) is 3.07. The molecule has 8 heteroatoms. The highest BCUT2D eigenvalue weighted by Crippen LogP contribution is 2.30. The van der Waals surface area contributed by atoms with Crippen molar-refractivity contribution in [3.8, 4) is 11.5 Å². The van der Waals surface area contributed by atoms with Crippen LogP contribution < -0.4 is 19.1 Å². The van der Waals surface area contributed by atoms with E-state index in [4.69, 9.17) is 9.47 Å². The minimum Gasteiger partial charge on any atom is -0.493 e. The molecular formula is C18H20N2O5S. The quantitative estimate of drug-likeness (QED) is 0.838. The van der Waals surface area contributed by atoms with E-state index in [9.17, 15) is 13.2 Å². The number of nitrogens with one attached hydrogen (secondary N) is 1. The largest absolute Gasteiger partial charge is 0.493 e. The van der Waals surface area contributed by atoms with Crippen LogP contribution in [0.3, 0.4) is 0 Å². The Morgan fingerprint density at radius 2 is 1.69 bits per heavy atom. The van der Waals surface area contributed by atoms with Crippen molar-refractivity contribution in [1.82, 2.24) is 0 Å². The van der Waals surface area contributed by atoms with E-state index in [1.807, 2.05) is 0 Å². The molecule has 1 saturated heterocycles. The number of anilines is 2. The lowest BCUT2D eigenvalue weighted by Gasteiger charge is -2.16. The zero-order valence-corrected chi connectivity index (χ0v) is 15.4. The molecule has 1 amide bonds. The smallest absolute Gasteiger partial charge is 0.262 e. The molecule has 3 rings (SSSR count). The Bertz CT molecular complexity index is 910. The minimum atomic E-state index is -3.78. The molecule has 1 heterocycles. The summed E-state index contributed by atoms with van der Waals surface area (Å²) in [7, 11) is -0.852. The molecule has 0 bridgehead atoms. The van der Waals surface area contributed by atoms with Crippen molar-refractivity contribution in [3.05, 3.63) is 42.5 Å². The van der Waals surface area contributed by atoms with E-state index in [0.29, 0.717) is 30.2 Å². The van der Waals surface area contributed by atoms with Crippen molar-refractivity contribution in [2.24, 2.45) is 0 Å². The molecule has 1 fully saturated rings. The van der Waals surface area contributed by atoms with Crippen LogP contribution in [-0.4, -0.2) is 35.1 Å². The van der Waals surface area contributed by atoms with Crippen LogP contribution in [0.2, 0.25) is 0 Å². The average molecular weight is 376 g/mol. The number of amides is 1. The Morgan fingerprint density at radius 3 is 2.27 bits per heavy atom. The third-order valence-corrected chi connectivity index (χ3v) is 5.55. The van der Waals surface area contributed by atoms with Crippen molar-refractivity contribution >= 4 is 27.3 Å². The zero-order chi connectivity index (χ0) is 18.7. The number of methoxy groups -OCH3 is 2. The van der Waals surface area contributed by atoms with Crippen LogP contribution in [0.25, 0.3) is 0 Å². The molecule has 0 aliphatic carbocycles. The Hall–Kier alpha value is -2.74. The van der Waals surface area contributed by atoms with Crippen molar-refractivity contribution in [3.63, 3.8) is 0 Å². The third-order valence-electron chi connectivity index (χ3n) is 4.17. The van der Waals surface area contributed by atoms with Gasteiger partial charge in [0.2, 0.25) is 5.91 Å². The van der Waals surface area contributed by atoms with Crippen LogP contribution in [0.15, 0.2) is 47.4 Å². The lowest BCUT2D eigenvalue weighted by Crippen LogP contribution is -2.23. The van der Waals surface area contributed by atoms with Crippen LogP contribution in [0.4, 0.5) is 11.4 Å². The molecule has 7 nitrogen and oxygen atoms in total. The number of carbonyl (C=O) groups excluding carboxylic acids is 1. The zero-order valence-electron chi connectivity index (χ0n) is 14.6. The molecule has 26 heavy (non-hydrogen) atoms. The van der Waals surface area contributed by atoms with E-state index in [1.165, 1.54) is 32.4 Å². The highest BCUT2D eigenvalue weighted by atomic mass is 32.2. The van der Waals surface area contributed by atoms with Gasteiger partial charge >= 0.3 is 0 Å². The fourth-order valence-electron chi connectivity index (χ4n) is 2.83. The van der Waals surface area contributed by atoms with E-state index < -0.39 is 10.0 Å². The summed E-state index contributed by atoms with van der Waals surface area (Å²) in [6.45, 7) is 0.690. The number of rotatable bonds is 6. The summed E-state index contributed by atoms with van der Waals surface area (Å²) in [5, 5.41) is 0. The fourth-order valence-corrected chi connectivity index (χ4v) is 3.90. The van der Waals surface area contributed by atoms with E-state index in [1.54, 1.807) is 29.2 Å². The predicted octanol–water partition coefficient (Wildman–Crippen LogP) is 2.63. The summed E-state index contributed by atoms with van der Waals surface area (Å²) in [6, 6.07) is 11.1. The van der Waals surface area contributed by atoms with E-state index in [2.05, 4.69) is 4.72 Å². The normalized spacial score (nSPS) is 14.4. The molecule has 1 N–H and O–H groups in total. The summed E-state index contributed by atoms with van der Waals surface area (Å²) in [5.74, 6) is 0.869. The Labute approximate surface area is 152 Å². The maximum atomic E-state index is 12.6. The van der Waals surface area contributed by atoms with Gasteiger partial charge in [0.15, 0.2) is 11.5 Å². The maximum Gasteiger partial charge on any atom is 0.262 e. The molecule has 0 radical (unpaired) electrons. The summed E-state index contributed by atoms with van der Waals surface area (Å²) in [5.41, 5.74) is 1.18. The van der Waals surface area contributed by atoms with Gasteiger partial charge in [0, 0.05) is 30.4 Å². The van der Waals surface area contributed by atoms with Gasteiger partial charge < -0.3 is 14.4 Å². The number of sulfonamides is 1. The Kier molecular flexibility index (Phi) is 5.03. The highest BCUT2D eigenvalue weighted by molar-refractivity contribution is 7.92. The first kappa shape index (κ1) is 18.1. The molecule has 0 saturated carbocycles. The monoisotopic (exact) mass is 376 g/mol. The van der Waals surface area contributed by atoms with Gasteiger partial charge in [-0.15, -0.1) is 0 Å². The van der Waals surface area contributed by atoms with E-state index in [-0.39, 0.29) is 10.8 Å². The summed E-state index contributed by atoms with van der Waals surface area (Å²) in [4.78, 5) is 13.5. The minimum absolute atomic E-state index is 0.0638. The second-order valence-corrected chi connectivity index (χ2v) is 7.50. The fraction of sp³-hybridized carbons (Fsp3) is 0.278. The van der Waals surface area contributed by atoms with Gasteiger partial charge in [-0.25, -0.2) is 8.42 Å². The lowest BCUT2D eigenvalue weighted by molar-refractivity contribution is -0.117. The second-order valence-electron chi connectivity index (χ2n) is 5.82. The molecule has 0 atom stereocenters. The van der Waals surface area contributed by atoms with Crippen molar-refractivity contribution < 1.29 is 22.7 Å². The number of benzene rings is 2. The van der Waals surface area contributed by atoms with Gasteiger partial charge in [-0.05, 0) is 42.8 Å². The summed E-state index contributed by atoms with van der Waals surface area (Å²) < 4.78 is 38.0. The summed E-state index contributed by atoms with van der Waals surface area (Å²) in [6.07, 6.45) is 1.39. The molecule has 1 aliphatic rings. The van der Waals surface area contributed by atoms with E-state index in [0.717, 1.165) is 12.1 Å². The standard InChI is InChI=1S/C18H20N2O5S/c1-24-16-10-9-15(12-17(16)25-2)26(22,23)19-13-5-7-14(8-6-13)20-11-3-4-18(20)21/h5-10,12,19H,3-4,11H2,1-2H3. The van der Waals surface area contributed by atoms with Crippen LogP contribution >= 0.6 is 0 Å². The van der Waals surface area contributed by atoms with Gasteiger partial charge in [0.05, 0.1) is 19.1 Å². The van der Waals surface area contributed by atoms with Gasteiger partial charge in [-0.2, -0.15) is 0 Å². The predicted molar refractivity (Wildman–Crippen MR) is 98.4 cm³/mol. The van der Waals surface area contributed by atoms with Gasteiger partial charge in [0.25, 0.3) is 10.0 Å². The second kappa shape index (κ2) is 7.25. The first-order valence-corrected chi connectivity index (χ1v) is 9.58. The third kappa shape index (κ3) is 3.60. The SMILES string of the molecule is COc1ccc(S(=O)(=O)Nc2ccc(N3CCCC3=O)cc2)cc1OC. The van der Waals surface area contributed by atoms with Crippen molar-refractivity contribution in [2.45, 2.75) is 17.7 Å². The molecule has 0 spiro atoms. The van der Waals surface area contributed by atoms with Crippen molar-refractivity contribution in [2.75, 3.05) is 30.4 Å². The molecule has 1 aliphatic heterocycles. The molecule has 2 aromatic carbocycles. The van der Waals surface area contributed by atoms with Crippen LogP contribution in [0.1, 0.15) is 12.8 Å². The van der Waals surface area contributed by atoms with Gasteiger partial charge in [-0.1, -0.05) is 0 Å². The van der Waals surface area contributed by atoms with E-state index >= 15 is 0 Å². The van der Waals surface area contributed by atoms with Crippen molar-refractivity contribution in [1.29, 1.82) is 0 Å². The molecular weight excluding hydrogens is 356 g/mol. The number of hydrogen-bond acceptors (Lipinski definition) is 5. The highest BCUT2D eigenvalue weighted by Gasteiger charge is 2.22. The van der Waals surface area contributed by atoms with Crippen LogP contribution in [0.5, 0.6) is 11.5 Å². The topological polar surface area (TPSA) is 84.9 Å². The van der Waals surface area contributed by atoms with Gasteiger partial charge in [0.1, 0.15) is 0 Å². The lowest BCUT2D eigenvalue weighted by atomic mass is 10.2. The Morgan fingerprint density at radius 1 is 1.00 bits per heavy atom. The number of hydrogen-bond donors (Lipinski definition) is 1. The molecule has 0 unspecified atom stereocenters. The molecule has 2 aromatic rings. The first-order valence-electron chi connectivity index (χ1n) is 8.10. The maximum absolute atomic E-state index is 12.6. The summed E-state index contributed by atoms with van der Waals surface area (Å²) >= 11 is 0. The number of nitrogens with zero attached hydrogens (tertiary/aromatic N) is 1. The number of carbonyl (C=O) groups is 1. The van der Waals surface area contributed by atoms with Gasteiger partial charge in [-0.3, -0.25) is 9.52 Å². The first-order chi connectivity index (χ1) is 12.4. The molecule has 0 aromatic heterocycles. The Balaban J connectivity index is 1.80. The van der Waals surface area contributed by atoms with Crippen LogP contribution in [-0.2, 0) is 14.8 Å². The number of ether oxygens (including phenoxy) is 2. The van der Waals surface area contributed by atoms with Crippen LogP contribution in [0, 0.1) is 0 Å². The molecule has 138 valence electrons.